The molecule has 0 saturated heterocycles. The lowest BCUT2D eigenvalue weighted by molar-refractivity contribution is 0.187. The highest BCUT2D eigenvalue weighted by Crippen LogP contribution is 2.10. The Labute approximate surface area is 125 Å². The minimum atomic E-state index is -0.654. The molecule has 1 atom stereocenters. The standard InChI is InChI=1S/C12H20N4O.HI/c1-12(2,3)16-11(13)15-8-10(17)9-4-6-14-7-5-9;/h4-7,10,17H,8H2,1-3H3,(H3,13,15,16);1H. The summed E-state index contributed by atoms with van der Waals surface area (Å²) < 4.78 is 0. The van der Waals surface area contributed by atoms with Crippen LogP contribution in [0.3, 0.4) is 0 Å². The van der Waals surface area contributed by atoms with Gasteiger partial charge < -0.3 is 16.2 Å². The predicted octanol–water partition coefficient (Wildman–Crippen LogP) is 1.44. The number of halogens is 1. The van der Waals surface area contributed by atoms with E-state index in [-0.39, 0.29) is 36.1 Å². The predicted molar refractivity (Wildman–Crippen MR) is 84.0 cm³/mol. The van der Waals surface area contributed by atoms with E-state index in [4.69, 9.17) is 5.73 Å². The average molecular weight is 364 g/mol. The second-order valence-electron chi connectivity index (χ2n) is 4.90. The molecular formula is C12H21IN4O. The van der Waals surface area contributed by atoms with E-state index in [0.717, 1.165) is 5.56 Å². The minimum absolute atomic E-state index is 0. The van der Waals surface area contributed by atoms with Gasteiger partial charge >= 0.3 is 0 Å². The Morgan fingerprint density at radius 2 is 2.00 bits per heavy atom. The molecule has 18 heavy (non-hydrogen) atoms. The van der Waals surface area contributed by atoms with E-state index in [1.807, 2.05) is 20.8 Å². The van der Waals surface area contributed by atoms with Gasteiger partial charge in [-0.1, -0.05) is 0 Å². The van der Waals surface area contributed by atoms with Gasteiger partial charge in [-0.3, -0.25) is 9.98 Å². The molecule has 5 nitrogen and oxygen atoms in total. The number of hydrogen-bond donors (Lipinski definition) is 3. The summed E-state index contributed by atoms with van der Waals surface area (Å²) in [6.45, 7) is 6.22. The molecule has 0 aromatic carbocycles. The largest absolute Gasteiger partial charge is 0.386 e. The van der Waals surface area contributed by atoms with Gasteiger partial charge in [-0.05, 0) is 38.5 Å². The molecule has 0 aliphatic heterocycles. The summed E-state index contributed by atoms with van der Waals surface area (Å²) in [5.74, 6) is 0.339. The van der Waals surface area contributed by atoms with Crippen LogP contribution in [0, 0.1) is 0 Å². The summed E-state index contributed by atoms with van der Waals surface area (Å²) in [6.07, 6.45) is 2.62. The number of aliphatic hydroxyl groups is 1. The number of aromatic nitrogens is 1. The molecule has 0 fully saturated rings. The second kappa shape index (κ2) is 7.52. The van der Waals surface area contributed by atoms with Crippen LogP contribution in [-0.4, -0.2) is 28.1 Å². The molecule has 0 amide bonds. The van der Waals surface area contributed by atoms with E-state index < -0.39 is 6.10 Å². The van der Waals surface area contributed by atoms with Gasteiger partial charge in [0.15, 0.2) is 5.96 Å². The number of guanidine groups is 1. The van der Waals surface area contributed by atoms with Crippen molar-refractivity contribution in [2.45, 2.75) is 32.4 Å². The van der Waals surface area contributed by atoms with Crippen LogP contribution in [0.25, 0.3) is 0 Å². The smallest absolute Gasteiger partial charge is 0.189 e. The molecule has 1 rings (SSSR count). The lowest BCUT2D eigenvalue weighted by Gasteiger charge is -2.21. The minimum Gasteiger partial charge on any atom is -0.386 e. The molecule has 1 aromatic rings. The zero-order valence-corrected chi connectivity index (χ0v) is 13.3. The first-order valence-corrected chi connectivity index (χ1v) is 5.54. The van der Waals surface area contributed by atoms with Crippen LogP contribution in [0.4, 0.5) is 0 Å². The first kappa shape index (κ1) is 17.1. The zero-order valence-electron chi connectivity index (χ0n) is 10.9. The maximum Gasteiger partial charge on any atom is 0.189 e. The quantitative estimate of drug-likeness (QED) is 0.431. The number of aliphatic hydroxyl groups excluding tert-OH is 1. The van der Waals surface area contributed by atoms with Crippen LogP contribution in [0.15, 0.2) is 29.5 Å². The summed E-state index contributed by atoms with van der Waals surface area (Å²) in [5.41, 5.74) is 6.36. The first-order valence-electron chi connectivity index (χ1n) is 5.54. The van der Waals surface area contributed by atoms with Gasteiger partial charge in [0.05, 0.1) is 12.6 Å². The fourth-order valence-corrected chi connectivity index (χ4v) is 1.30. The Bertz CT molecular complexity index is 375. The molecule has 0 spiro atoms. The molecule has 0 saturated carbocycles. The molecular weight excluding hydrogens is 343 g/mol. The maximum atomic E-state index is 9.85. The van der Waals surface area contributed by atoms with Gasteiger partial charge in [-0.2, -0.15) is 0 Å². The van der Waals surface area contributed by atoms with Crippen molar-refractivity contribution in [1.82, 2.24) is 10.3 Å². The summed E-state index contributed by atoms with van der Waals surface area (Å²) in [5, 5.41) is 12.9. The Morgan fingerprint density at radius 1 is 1.44 bits per heavy atom. The molecule has 0 aliphatic rings. The summed E-state index contributed by atoms with van der Waals surface area (Å²) >= 11 is 0. The van der Waals surface area contributed by atoms with Crippen molar-refractivity contribution in [3.8, 4) is 0 Å². The fourth-order valence-electron chi connectivity index (χ4n) is 1.30. The summed E-state index contributed by atoms with van der Waals surface area (Å²) in [7, 11) is 0. The van der Waals surface area contributed by atoms with Crippen LogP contribution in [0.5, 0.6) is 0 Å². The van der Waals surface area contributed by atoms with Gasteiger partial charge in [0.1, 0.15) is 0 Å². The molecule has 0 radical (unpaired) electrons. The third-order valence-corrected chi connectivity index (χ3v) is 2.03. The number of pyridine rings is 1. The first-order chi connectivity index (χ1) is 7.88. The number of nitrogens with two attached hydrogens (primary N) is 1. The third-order valence-electron chi connectivity index (χ3n) is 2.03. The molecule has 0 bridgehead atoms. The van der Waals surface area contributed by atoms with Crippen molar-refractivity contribution in [3.63, 3.8) is 0 Å². The third kappa shape index (κ3) is 6.75. The normalized spacial score (nSPS) is 13.7. The summed E-state index contributed by atoms with van der Waals surface area (Å²) in [4.78, 5) is 7.99. The second-order valence-corrected chi connectivity index (χ2v) is 4.90. The van der Waals surface area contributed by atoms with Crippen molar-refractivity contribution in [2.24, 2.45) is 10.7 Å². The number of hydrogen-bond acceptors (Lipinski definition) is 3. The van der Waals surface area contributed by atoms with E-state index >= 15 is 0 Å². The fraction of sp³-hybridized carbons (Fsp3) is 0.500. The van der Waals surface area contributed by atoms with Crippen molar-refractivity contribution in [2.75, 3.05) is 6.54 Å². The van der Waals surface area contributed by atoms with Crippen molar-refractivity contribution >= 4 is 29.9 Å². The van der Waals surface area contributed by atoms with E-state index in [2.05, 4.69) is 15.3 Å². The molecule has 4 N–H and O–H groups in total. The lowest BCUT2D eigenvalue weighted by Crippen LogP contribution is -2.45. The van der Waals surface area contributed by atoms with Gasteiger partial charge in [-0.15, -0.1) is 24.0 Å². The van der Waals surface area contributed by atoms with E-state index in [0.29, 0.717) is 5.96 Å². The average Bonchev–Trinajstić information content (AvgIpc) is 2.25. The molecule has 1 aromatic heterocycles. The Kier molecular flexibility index (Phi) is 7.15. The molecule has 0 aliphatic carbocycles. The number of aliphatic imine (C=N–C) groups is 1. The molecule has 1 heterocycles. The SMILES string of the molecule is CC(C)(C)NC(N)=NCC(O)c1ccncc1.I. The van der Waals surface area contributed by atoms with E-state index in [1.165, 1.54) is 0 Å². The van der Waals surface area contributed by atoms with Crippen molar-refractivity contribution in [1.29, 1.82) is 0 Å². The molecule has 102 valence electrons. The molecule has 1 unspecified atom stereocenters. The number of rotatable bonds is 3. The Morgan fingerprint density at radius 3 is 2.50 bits per heavy atom. The van der Waals surface area contributed by atoms with Crippen LogP contribution < -0.4 is 11.1 Å². The van der Waals surface area contributed by atoms with Crippen molar-refractivity contribution < 1.29 is 5.11 Å². The highest BCUT2D eigenvalue weighted by atomic mass is 127. The van der Waals surface area contributed by atoms with Gasteiger partial charge in [0.2, 0.25) is 0 Å². The van der Waals surface area contributed by atoms with E-state index in [1.54, 1.807) is 24.5 Å². The van der Waals surface area contributed by atoms with E-state index in [9.17, 15) is 5.11 Å². The zero-order chi connectivity index (χ0) is 12.9. The Balaban J connectivity index is 0.00000289. The topological polar surface area (TPSA) is 83.5 Å². The van der Waals surface area contributed by atoms with Gasteiger partial charge in [0.25, 0.3) is 0 Å². The van der Waals surface area contributed by atoms with Crippen LogP contribution >= 0.6 is 24.0 Å². The monoisotopic (exact) mass is 364 g/mol. The lowest BCUT2D eigenvalue weighted by atomic mass is 10.1. The van der Waals surface area contributed by atoms with Crippen LogP contribution in [0.2, 0.25) is 0 Å². The summed E-state index contributed by atoms with van der Waals surface area (Å²) in [6, 6.07) is 3.52. The highest BCUT2D eigenvalue weighted by molar-refractivity contribution is 14.0. The maximum absolute atomic E-state index is 9.85. The van der Waals surface area contributed by atoms with Crippen LogP contribution in [0.1, 0.15) is 32.4 Å². The number of nitrogens with zero attached hydrogens (tertiary/aromatic N) is 2. The van der Waals surface area contributed by atoms with Gasteiger partial charge in [-0.25, -0.2) is 0 Å². The van der Waals surface area contributed by atoms with Crippen LogP contribution in [-0.2, 0) is 0 Å². The number of nitrogens with one attached hydrogen (secondary N) is 1. The molecule has 6 heteroatoms. The highest BCUT2D eigenvalue weighted by Gasteiger charge is 2.11. The van der Waals surface area contributed by atoms with Crippen molar-refractivity contribution in [3.05, 3.63) is 30.1 Å². The van der Waals surface area contributed by atoms with Gasteiger partial charge in [0, 0.05) is 17.9 Å². The Hall–Kier alpha value is -0.890.